The third-order valence-corrected chi connectivity index (χ3v) is 40.7. The molecule has 21 heteroatoms. The van der Waals surface area contributed by atoms with Crippen LogP contribution in [0.1, 0.15) is 189 Å². The zero-order chi connectivity index (χ0) is 105. The van der Waals surface area contributed by atoms with Crippen LogP contribution in [0.25, 0.3) is 149 Å². The number of thiophene rings is 8. The van der Waals surface area contributed by atoms with Gasteiger partial charge in [-0.15, -0.1) is 90.7 Å². The Morgan fingerprint density at radius 3 is 0.698 bits per heavy atom. The van der Waals surface area contributed by atoms with Gasteiger partial charge in [0.2, 0.25) is 0 Å². The number of aryl methyl sites for hydroxylation is 20. The molecule has 1 atom stereocenters. The fourth-order valence-electron chi connectivity index (χ4n) is 19.5. The average molecular weight is 2170 g/mol. The summed E-state index contributed by atoms with van der Waals surface area (Å²) in [6.07, 6.45) is 1.17. The predicted molar refractivity (Wildman–Crippen MR) is 659 cm³/mol. The summed E-state index contributed by atoms with van der Waals surface area (Å²) in [5, 5.41) is 0. The van der Waals surface area contributed by atoms with Crippen LogP contribution >= 0.6 is 138 Å². The monoisotopic (exact) mass is 2170 g/mol. The lowest BCUT2D eigenvalue weighted by Crippen LogP contribution is -2.15. The number of fused-ring (bicyclic) bond motifs is 10. The maximum absolute atomic E-state index is 4.73. The van der Waals surface area contributed by atoms with E-state index in [1.165, 1.54) is 310 Å². The van der Waals surface area contributed by atoms with Crippen LogP contribution < -0.4 is 4.90 Å². The Bertz CT molecular complexity index is 8030. The lowest BCUT2D eigenvalue weighted by molar-refractivity contribution is 0.659. The molecule has 12 aromatic heterocycles. The molecular formula is C128H123N9S12. The highest BCUT2D eigenvalue weighted by Gasteiger charge is 2.37. The van der Waals surface area contributed by atoms with Crippen molar-refractivity contribution in [3.63, 3.8) is 0 Å². The number of nitrogens with zero attached hydrogens (tertiary/aromatic N) is 9. The van der Waals surface area contributed by atoms with E-state index in [1.54, 1.807) is 0 Å². The molecule has 11 aromatic carbocycles. The van der Waals surface area contributed by atoms with Gasteiger partial charge in [0.1, 0.15) is 44.1 Å². The van der Waals surface area contributed by atoms with E-state index in [1.807, 2.05) is 90.7 Å². The third-order valence-electron chi connectivity index (χ3n) is 29.0. The molecule has 2 aliphatic carbocycles. The van der Waals surface area contributed by atoms with Crippen LogP contribution in [0.2, 0.25) is 0 Å². The standard InChI is InChI=1S/C26H20N2S5.C24H27N.2C18H16N2S3.2C17H18.C8H8N2S/c1-13-11-21(31-25(13)19-9-5-15(3)29-19)17-7-8-18(24-23(17)27-33-28-24)22-12-14(2)26(32-22)20-10-6-16(4)30-20;1-5-20(4)21-10-16-24(17-11-21)25(22-12-6-18(2)7-13-22)23-14-8-19(3)9-15-23;2*1-9-7-15(21-11(9)3)13-5-6-14(18-17(13)19-23-20-18)16-8-10(2)12(4)22-16;2*1-11-5-7-13-14-8-6-12(2)10-16(14)17(3,4)15(13)9-11;1-5-3-4-6(2)8-7(5)9-11-10-8/h5-12H,1-4H3;6-17,20H,5H2,1-4H3;2*5-8H,1-4H3;2*5-10H,1-4H3;3-4H,1-2H3. The molecule has 149 heavy (non-hydrogen) atoms. The van der Waals surface area contributed by atoms with Crippen molar-refractivity contribution in [3.8, 4) is 104 Å². The first-order valence-electron chi connectivity index (χ1n) is 50.5. The van der Waals surface area contributed by atoms with Gasteiger partial charge in [-0.1, -0.05) is 233 Å². The number of benzene rings is 11. The SMILES string of the molecule is CCC(C)c1ccc(N(c2ccc(C)cc2)c2ccc(C)cc2)cc1.Cc1cc(-c2ccc(-c3cc(C)c(C)s3)c3nsnc23)sc1C.Cc1cc(-c2ccc(-c3cc(C)c(C)s3)c3nsnc23)sc1C.Cc1ccc(-c2sc(-c3ccc(-c4cc(C)c(-c5ccc(C)s5)s4)c4nsnc34)cc2C)s1.Cc1ccc(C)c2nsnc12.Cc1ccc2c(c1)C(C)(C)c1cc(C)ccc1-2.Cc1ccc2c(c1)C(C)(C)c1cc(C)ccc1-2. The topological polar surface area (TPSA) is 106 Å². The Morgan fingerprint density at radius 1 is 0.221 bits per heavy atom. The summed E-state index contributed by atoms with van der Waals surface area (Å²) in [5.41, 5.74) is 50.5. The Labute approximate surface area is 926 Å². The van der Waals surface area contributed by atoms with E-state index >= 15 is 0 Å². The van der Waals surface area contributed by atoms with Crippen LogP contribution in [-0.4, -0.2) is 35.0 Å². The number of rotatable bonds is 13. The molecule has 0 bridgehead atoms. The summed E-state index contributed by atoms with van der Waals surface area (Å²) in [6, 6.07) is 93.7. The van der Waals surface area contributed by atoms with Crippen LogP contribution in [0.5, 0.6) is 0 Å². The highest BCUT2D eigenvalue weighted by molar-refractivity contribution is 7.25. The molecule has 2 aliphatic rings. The molecule has 0 amide bonds. The maximum Gasteiger partial charge on any atom is 0.114 e. The van der Waals surface area contributed by atoms with Gasteiger partial charge in [0.15, 0.2) is 0 Å². The van der Waals surface area contributed by atoms with Crippen LogP contribution in [0.3, 0.4) is 0 Å². The molecule has 9 nitrogen and oxygen atoms in total. The van der Waals surface area contributed by atoms with Crippen molar-refractivity contribution in [1.82, 2.24) is 35.0 Å². The van der Waals surface area contributed by atoms with E-state index in [2.05, 4.69) is 466 Å². The molecular weight excluding hydrogens is 2050 g/mol. The third kappa shape index (κ3) is 21.9. The highest BCUT2D eigenvalue weighted by Crippen LogP contribution is 2.54. The van der Waals surface area contributed by atoms with Crippen molar-refractivity contribution in [2.75, 3.05) is 4.90 Å². The van der Waals surface area contributed by atoms with E-state index in [0.29, 0.717) is 5.92 Å². The Morgan fingerprint density at radius 2 is 0.456 bits per heavy atom. The zero-order valence-electron chi connectivity index (χ0n) is 89.5. The largest absolute Gasteiger partial charge is 0.311 e. The number of hydrogen-bond donors (Lipinski definition) is 0. The molecule has 0 N–H and O–H groups in total. The van der Waals surface area contributed by atoms with E-state index in [9.17, 15) is 0 Å². The minimum absolute atomic E-state index is 0.142. The van der Waals surface area contributed by atoms with Gasteiger partial charge in [0, 0.05) is 139 Å². The second kappa shape index (κ2) is 44.2. The molecule has 0 fully saturated rings. The van der Waals surface area contributed by atoms with E-state index in [-0.39, 0.29) is 10.8 Å². The summed E-state index contributed by atoms with van der Waals surface area (Å²) in [6.45, 7) is 57.0. The van der Waals surface area contributed by atoms with E-state index in [0.717, 1.165) is 44.1 Å². The van der Waals surface area contributed by atoms with Crippen molar-refractivity contribution in [1.29, 1.82) is 0 Å². The van der Waals surface area contributed by atoms with Gasteiger partial charge in [-0.2, -0.15) is 35.0 Å². The van der Waals surface area contributed by atoms with Gasteiger partial charge in [0.05, 0.1) is 46.9 Å². The molecule has 0 saturated carbocycles. The number of anilines is 3. The molecule has 0 aliphatic heterocycles. The lowest BCUT2D eigenvalue weighted by Gasteiger charge is -2.26. The van der Waals surface area contributed by atoms with Gasteiger partial charge < -0.3 is 4.90 Å². The molecule has 12 heterocycles. The van der Waals surface area contributed by atoms with Crippen LogP contribution in [0, 0.1) is 138 Å². The molecule has 1 unspecified atom stereocenters. The molecule has 25 rings (SSSR count). The van der Waals surface area contributed by atoms with Gasteiger partial charge in [-0.3, -0.25) is 0 Å². The van der Waals surface area contributed by atoms with Gasteiger partial charge in [-0.05, 0) is 342 Å². The maximum atomic E-state index is 4.73. The molecule has 0 saturated heterocycles. The Hall–Kier alpha value is -11.9. The lowest BCUT2D eigenvalue weighted by atomic mass is 9.81. The van der Waals surface area contributed by atoms with Crippen LogP contribution in [-0.2, 0) is 10.8 Å². The first-order chi connectivity index (χ1) is 71.4. The van der Waals surface area contributed by atoms with Crippen molar-refractivity contribution in [2.45, 2.75) is 203 Å². The summed E-state index contributed by atoms with van der Waals surface area (Å²) in [7, 11) is 0. The van der Waals surface area contributed by atoms with Crippen molar-refractivity contribution in [3.05, 3.63) is 390 Å². The molecule has 0 radical (unpaired) electrons. The fourth-order valence-corrected chi connectivity index (χ4v) is 30.6. The Balaban J connectivity index is 0.000000111. The highest BCUT2D eigenvalue weighted by atomic mass is 32.2. The Kier molecular flexibility index (Phi) is 31.3. The number of hydrogen-bond acceptors (Lipinski definition) is 21. The van der Waals surface area contributed by atoms with Crippen LogP contribution in [0.4, 0.5) is 17.1 Å². The van der Waals surface area contributed by atoms with Crippen LogP contribution in [0.15, 0.2) is 255 Å². The first kappa shape index (κ1) is 106. The zero-order valence-corrected chi connectivity index (χ0v) is 99.3. The smallest absolute Gasteiger partial charge is 0.114 e. The molecule has 752 valence electrons. The summed E-state index contributed by atoms with van der Waals surface area (Å²) >= 11 is 20.0. The van der Waals surface area contributed by atoms with Crippen molar-refractivity contribution < 1.29 is 0 Å². The van der Waals surface area contributed by atoms with Gasteiger partial charge in [-0.25, -0.2) is 0 Å². The summed E-state index contributed by atoms with van der Waals surface area (Å²) < 4.78 is 36.3. The average Bonchev–Trinajstić information content (AvgIpc) is 1.58. The minimum atomic E-state index is 0.142. The van der Waals surface area contributed by atoms with Crippen molar-refractivity contribution >= 4 is 199 Å². The predicted octanol–water partition coefficient (Wildman–Crippen LogP) is 41.4. The minimum Gasteiger partial charge on any atom is -0.311 e. The summed E-state index contributed by atoms with van der Waals surface area (Å²) in [4.78, 5) is 23.5. The normalized spacial score (nSPS) is 12.5. The number of aromatic nitrogens is 8. The van der Waals surface area contributed by atoms with E-state index in [4.69, 9.17) is 8.75 Å². The summed E-state index contributed by atoms with van der Waals surface area (Å²) in [5.74, 6) is 0.598. The fraction of sp³-hybridized carbons (Fsp3) is 0.234. The quantitative estimate of drug-likeness (QED) is 0.112. The second-order valence-corrected chi connectivity index (χ2v) is 52.7. The van der Waals surface area contributed by atoms with E-state index < -0.39 is 0 Å². The van der Waals surface area contributed by atoms with Crippen molar-refractivity contribution in [2.24, 2.45) is 0 Å². The second-order valence-electron chi connectivity index (χ2n) is 40.8. The van der Waals surface area contributed by atoms with Gasteiger partial charge >= 0.3 is 0 Å². The molecule has 23 aromatic rings. The molecule has 0 spiro atoms. The first-order valence-corrected chi connectivity index (χ1v) is 60.0. The van der Waals surface area contributed by atoms with Gasteiger partial charge in [0.25, 0.3) is 0 Å².